The molecule has 0 aliphatic heterocycles. The van der Waals surface area contributed by atoms with Gasteiger partial charge in [-0.2, -0.15) is 0 Å². The average Bonchev–Trinajstić information content (AvgIpc) is 3.20. The Morgan fingerprint density at radius 1 is 1.15 bits per heavy atom. The van der Waals surface area contributed by atoms with Crippen molar-refractivity contribution in [2.45, 2.75) is 52.0 Å². The van der Waals surface area contributed by atoms with E-state index in [1.165, 1.54) is 32.1 Å². The highest BCUT2D eigenvalue weighted by Gasteiger charge is 2.24. The lowest BCUT2D eigenvalue weighted by Crippen LogP contribution is -2.46. The molecule has 2 aliphatic rings. The molecule has 2 rings (SSSR count). The molecule has 0 bridgehead atoms. The molecule has 0 aromatic rings. The molecule has 0 spiro atoms. The summed E-state index contributed by atoms with van der Waals surface area (Å²) in [6.07, 6.45) is 6.58. The van der Waals surface area contributed by atoms with Gasteiger partial charge in [0.1, 0.15) is 0 Å². The maximum absolute atomic E-state index is 5.63. The Balaban J connectivity index is 1.60. The van der Waals surface area contributed by atoms with Gasteiger partial charge < -0.3 is 15.4 Å². The van der Waals surface area contributed by atoms with Crippen LogP contribution in [-0.2, 0) is 4.74 Å². The summed E-state index contributed by atoms with van der Waals surface area (Å²) >= 11 is 0. The monoisotopic (exact) mass is 281 g/mol. The zero-order chi connectivity index (χ0) is 14.4. The van der Waals surface area contributed by atoms with Crippen molar-refractivity contribution in [3.63, 3.8) is 0 Å². The van der Waals surface area contributed by atoms with Gasteiger partial charge in [0.2, 0.25) is 0 Å². The van der Waals surface area contributed by atoms with Crippen LogP contribution < -0.4 is 10.6 Å². The minimum atomic E-state index is 0.562. The molecule has 0 saturated heterocycles. The second-order valence-corrected chi connectivity index (χ2v) is 6.78. The van der Waals surface area contributed by atoms with Crippen LogP contribution in [0.1, 0.15) is 46.0 Å². The lowest BCUT2D eigenvalue weighted by atomic mass is 9.80. The molecule has 2 saturated carbocycles. The van der Waals surface area contributed by atoms with E-state index in [1.807, 2.05) is 7.05 Å². The fourth-order valence-corrected chi connectivity index (χ4v) is 3.23. The second-order valence-electron chi connectivity index (χ2n) is 6.78. The van der Waals surface area contributed by atoms with Crippen molar-refractivity contribution >= 4 is 5.96 Å². The molecule has 116 valence electrons. The van der Waals surface area contributed by atoms with Crippen LogP contribution in [0, 0.1) is 17.8 Å². The van der Waals surface area contributed by atoms with Crippen LogP contribution in [0.2, 0.25) is 0 Å². The topological polar surface area (TPSA) is 45.7 Å². The molecule has 4 heteroatoms. The molecule has 4 nitrogen and oxygen atoms in total. The molecule has 2 fully saturated rings. The quantitative estimate of drug-likeness (QED) is 0.446. The first kappa shape index (κ1) is 15.6. The third kappa shape index (κ3) is 5.70. The maximum Gasteiger partial charge on any atom is 0.191 e. The van der Waals surface area contributed by atoms with E-state index in [0.717, 1.165) is 43.5 Å². The summed E-state index contributed by atoms with van der Waals surface area (Å²) in [6.45, 7) is 7.25. The van der Waals surface area contributed by atoms with Crippen molar-refractivity contribution in [1.82, 2.24) is 10.6 Å². The summed E-state index contributed by atoms with van der Waals surface area (Å²) in [7, 11) is 1.84. The third-order valence-corrected chi connectivity index (χ3v) is 4.33. The number of nitrogens with zero attached hydrogens (tertiary/aromatic N) is 1. The van der Waals surface area contributed by atoms with Gasteiger partial charge in [-0.3, -0.25) is 4.99 Å². The highest BCUT2D eigenvalue weighted by Crippen LogP contribution is 2.29. The number of rotatable bonds is 6. The predicted molar refractivity (Wildman–Crippen MR) is 84.0 cm³/mol. The highest BCUT2D eigenvalue weighted by atomic mass is 16.5. The molecule has 2 N–H and O–H groups in total. The van der Waals surface area contributed by atoms with Crippen LogP contribution in [0.5, 0.6) is 0 Å². The molecule has 0 radical (unpaired) electrons. The summed E-state index contributed by atoms with van der Waals surface area (Å²) in [5.41, 5.74) is 0. The standard InChI is InChI=1S/C16H31N3O/c1-12-8-13(2)10-15(9-12)19-16(17-3)18-6-7-20-11-14-4-5-14/h12-15H,4-11H2,1-3H3,(H2,17,18,19). The molecule has 2 atom stereocenters. The van der Waals surface area contributed by atoms with Gasteiger partial charge in [0.05, 0.1) is 6.61 Å². The van der Waals surface area contributed by atoms with E-state index in [0.29, 0.717) is 6.04 Å². The van der Waals surface area contributed by atoms with E-state index in [-0.39, 0.29) is 0 Å². The van der Waals surface area contributed by atoms with Gasteiger partial charge >= 0.3 is 0 Å². The highest BCUT2D eigenvalue weighted by molar-refractivity contribution is 5.79. The van der Waals surface area contributed by atoms with Crippen LogP contribution in [0.4, 0.5) is 0 Å². The first-order chi connectivity index (χ1) is 9.67. The molecule has 0 amide bonds. The van der Waals surface area contributed by atoms with Crippen LogP contribution in [-0.4, -0.2) is 38.8 Å². The van der Waals surface area contributed by atoms with E-state index >= 15 is 0 Å². The molecular weight excluding hydrogens is 250 g/mol. The Kier molecular flexibility index (Phi) is 6.14. The van der Waals surface area contributed by atoms with Crippen molar-refractivity contribution in [3.8, 4) is 0 Å². The maximum atomic E-state index is 5.63. The van der Waals surface area contributed by atoms with Crippen molar-refractivity contribution in [1.29, 1.82) is 0 Å². The lowest BCUT2D eigenvalue weighted by molar-refractivity contribution is 0.129. The van der Waals surface area contributed by atoms with Crippen molar-refractivity contribution < 1.29 is 4.74 Å². The minimum Gasteiger partial charge on any atom is -0.379 e. The molecular formula is C16H31N3O. The SMILES string of the molecule is CN=C(NCCOCC1CC1)NC1CC(C)CC(C)C1. The lowest BCUT2D eigenvalue weighted by Gasteiger charge is -2.32. The van der Waals surface area contributed by atoms with E-state index in [1.54, 1.807) is 0 Å². The summed E-state index contributed by atoms with van der Waals surface area (Å²) < 4.78 is 5.63. The zero-order valence-electron chi connectivity index (χ0n) is 13.3. The minimum absolute atomic E-state index is 0.562. The van der Waals surface area contributed by atoms with E-state index in [4.69, 9.17) is 4.74 Å². The van der Waals surface area contributed by atoms with Gasteiger partial charge in [-0.15, -0.1) is 0 Å². The number of hydrogen-bond acceptors (Lipinski definition) is 2. The van der Waals surface area contributed by atoms with Gasteiger partial charge in [0.15, 0.2) is 5.96 Å². The zero-order valence-corrected chi connectivity index (χ0v) is 13.3. The van der Waals surface area contributed by atoms with Gasteiger partial charge in [0, 0.05) is 26.2 Å². The van der Waals surface area contributed by atoms with Gasteiger partial charge in [0.25, 0.3) is 0 Å². The Labute approximate surface area is 123 Å². The Hall–Kier alpha value is -0.770. The fraction of sp³-hybridized carbons (Fsp3) is 0.938. The molecule has 2 unspecified atom stereocenters. The van der Waals surface area contributed by atoms with Gasteiger partial charge in [-0.05, 0) is 49.9 Å². The Bertz CT molecular complexity index is 305. The first-order valence-corrected chi connectivity index (χ1v) is 8.22. The predicted octanol–water partition coefficient (Wildman–Crippen LogP) is 2.40. The van der Waals surface area contributed by atoms with Crippen LogP contribution in [0.15, 0.2) is 4.99 Å². The first-order valence-electron chi connectivity index (χ1n) is 8.22. The van der Waals surface area contributed by atoms with Gasteiger partial charge in [-0.1, -0.05) is 13.8 Å². The number of guanidine groups is 1. The summed E-state index contributed by atoms with van der Waals surface area (Å²) in [6, 6.07) is 0.562. The summed E-state index contributed by atoms with van der Waals surface area (Å²) in [5.74, 6) is 3.40. The average molecular weight is 281 g/mol. The molecule has 0 aromatic carbocycles. The normalized spacial score (nSPS) is 31.1. The summed E-state index contributed by atoms with van der Waals surface area (Å²) in [5, 5.41) is 6.92. The number of aliphatic imine (C=N–C) groups is 1. The fourth-order valence-electron chi connectivity index (χ4n) is 3.23. The van der Waals surface area contributed by atoms with Crippen LogP contribution in [0.3, 0.4) is 0 Å². The summed E-state index contributed by atoms with van der Waals surface area (Å²) in [4.78, 5) is 4.32. The smallest absolute Gasteiger partial charge is 0.191 e. The Morgan fingerprint density at radius 3 is 2.45 bits per heavy atom. The van der Waals surface area contributed by atoms with Crippen LogP contribution in [0.25, 0.3) is 0 Å². The van der Waals surface area contributed by atoms with Gasteiger partial charge in [-0.25, -0.2) is 0 Å². The van der Waals surface area contributed by atoms with Crippen LogP contribution >= 0.6 is 0 Å². The number of ether oxygens (including phenoxy) is 1. The van der Waals surface area contributed by atoms with Crippen molar-refractivity contribution in [3.05, 3.63) is 0 Å². The van der Waals surface area contributed by atoms with Crippen molar-refractivity contribution in [2.24, 2.45) is 22.7 Å². The largest absolute Gasteiger partial charge is 0.379 e. The second kappa shape index (κ2) is 7.87. The van der Waals surface area contributed by atoms with E-state index in [2.05, 4.69) is 29.5 Å². The molecule has 20 heavy (non-hydrogen) atoms. The van der Waals surface area contributed by atoms with Crippen molar-refractivity contribution in [2.75, 3.05) is 26.8 Å². The molecule has 2 aliphatic carbocycles. The van der Waals surface area contributed by atoms with E-state index in [9.17, 15) is 0 Å². The number of hydrogen-bond donors (Lipinski definition) is 2. The Morgan fingerprint density at radius 2 is 1.85 bits per heavy atom. The van der Waals surface area contributed by atoms with E-state index < -0.39 is 0 Å². The third-order valence-electron chi connectivity index (χ3n) is 4.33. The number of nitrogens with one attached hydrogen (secondary N) is 2. The molecule has 0 heterocycles. The molecule has 0 aromatic heterocycles.